The summed E-state index contributed by atoms with van der Waals surface area (Å²) in [5.74, 6) is 2.13. The number of hydrogen-bond donors (Lipinski definition) is 0. The fraction of sp³-hybridized carbons (Fsp3) is 0.739. The lowest BCUT2D eigenvalue weighted by Gasteiger charge is -2.37. The van der Waals surface area contributed by atoms with Gasteiger partial charge in [-0.1, -0.05) is 6.92 Å². The van der Waals surface area contributed by atoms with Crippen molar-refractivity contribution >= 4 is 27.4 Å². The van der Waals surface area contributed by atoms with Crippen LogP contribution in [0.5, 0.6) is 0 Å². The van der Waals surface area contributed by atoms with Crippen LogP contribution in [0.1, 0.15) is 29.6 Å². The summed E-state index contributed by atoms with van der Waals surface area (Å²) in [7, 11) is 0. The number of ether oxygens (including phenoxy) is 1. The Morgan fingerprint density at radius 3 is 2.48 bits per heavy atom. The van der Waals surface area contributed by atoms with Gasteiger partial charge in [0.2, 0.25) is 0 Å². The van der Waals surface area contributed by atoms with Gasteiger partial charge in [-0.05, 0) is 32.4 Å². The smallest absolute Gasteiger partial charge is 0.146 e. The third-order valence-electron chi connectivity index (χ3n) is 7.36. The molecule has 3 fully saturated rings. The second kappa shape index (κ2) is 9.27. The van der Waals surface area contributed by atoms with E-state index < -0.39 is 0 Å². The first kappa shape index (κ1) is 21.5. The molecule has 3 aliphatic heterocycles. The highest BCUT2D eigenvalue weighted by Gasteiger charge is 2.32. The zero-order valence-corrected chi connectivity index (χ0v) is 20.1. The van der Waals surface area contributed by atoms with E-state index >= 15 is 0 Å². The Kier molecular flexibility index (Phi) is 6.44. The largest absolute Gasteiger partial charge is 0.379 e. The molecule has 0 bridgehead atoms. The maximum atomic E-state index is 5.52. The summed E-state index contributed by atoms with van der Waals surface area (Å²) in [6.07, 6.45) is 1.23. The molecular weight excluding hydrogens is 408 g/mol. The number of hydrogen-bond acceptors (Lipinski definition) is 8. The molecule has 0 spiro atoms. The summed E-state index contributed by atoms with van der Waals surface area (Å²) < 4.78 is 5.52. The van der Waals surface area contributed by atoms with Gasteiger partial charge >= 0.3 is 0 Å². The van der Waals surface area contributed by atoms with Gasteiger partial charge in [0.05, 0.1) is 25.1 Å². The lowest BCUT2D eigenvalue weighted by atomic mass is 10.2. The highest BCUT2D eigenvalue weighted by atomic mass is 32.1. The van der Waals surface area contributed by atoms with Crippen LogP contribution in [-0.2, 0) is 11.3 Å². The van der Waals surface area contributed by atoms with Crippen molar-refractivity contribution in [3.8, 4) is 0 Å². The second-order valence-corrected chi connectivity index (χ2v) is 10.4. The van der Waals surface area contributed by atoms with Gasteiger partial charge < -0.3 is 14.5 Å². The van der Waals surface area contributed by atoms with Gasteiger partial charge in [-0.2, -0.15) is 0 Å². The monoisotopic (exact) mass is 444 g/mol. The molecule has 1 atom stereocenters. The van der Waals surface area contributed by atoms with Crippen molar-refractivity contribution in [2.75, 3.05) is 77.0 Å². The Labute approximate surface area is 190 Å². The van der Waals surface area contributed by atoms with Crippen molar-refractivity contribution < 1.29 is 4.74 Å². The molecule has 0 amide bonds. The van der Waals surface area contributed by atoms with Gasteiger partial charge in [0.1, 0.15) is 16.5 Å². The minimum atomic E-state index is 0.645. The van der Waals surface area contributed by atoms with Crippen LogP contribution in [0, 0.1) is 13.8 Å². The van der Waals surface area contributed by atoms with Crippen molar-refractivity contribution in [3.05, 3.63) is 16.3 Å². The van der Waals surface area contributed by atoms with Crippen LogP contribution in [0.25, 0.3) is 10.2 Å². The van der Waals surface area contributed by atoms with E-state index in [9.17, 15) is 0 Å². The number of morpholine rings is 1. The van der Waals surface area contributed by atoms with Crippen molar-refractivity contribution in [1.29, 1.82) is 0 Å². The molecule has 0 radical (unpaired) electrons. The normalized spacial score (nSPS) is 24.5. The first-order chi connectivity index (χ1) is 15.1. The van der Waals surface area contributed by atoms with Gasteiger partial charge in [-0.15, -0.1) is 11.3 Å². The minimum absolute atomic E-state index is 0.645. The first-order valence-electron chi connectivity index (χ1n) is 11.9. The van der Waals surface area contributed by atoms with Gasteiger partial charge in [0, 0.05) is 63.3 Å². The highest BCUT2D eigenvalue weighted by Crippen LogP contribution is 2.36. The third-order valence-corrected chi connectivity index (χ3v) is 8.46. The maximum Gasteiger partial charge on any atom is 0.146 e. The number of rotatable bonds is 5. The molecule has 8 heteroatoms. The number of thiophene rings is 1. The van der Waals surface area contributed by atoms with E-state index in [4.69, 9.17) is 14.7 Å². The molecular formula is C23H36N6OS. The van der Waals surface area contributed by atoms with E-state index in [1.807, 2.05) is 11.3 Å². The lowest BCUT2D eigenvalue weighted by Crippen LogP contribution is -2.50. The summed E-state index contributed by atoms with van der Waals surface area (Å²) in [6, 6.07) is 0.645. The minimum Gasteiger partial charge on any atom is -0.379 e. The quantitative estimate of drug-likeness (QED) is 0.702. The topological polar surface area (TPSA) is 48.0 Å². The number of likely N-dealkylation sites (N-methyl/N-ethyl adjacent to an activating group) is 1. The third kappa shape index (κ3) is 4.46. The number of aryl methyl sites for hydroxylation is 2. The van der Waals surface area contributed by atoms with E-state index in [0.717, 1.165) is 56.6 Å². The van der Waals surface area contributed by atoms with E-state index in [0.29, 0.717) is 6.04 Å². The Balaban J connectivity index is 1.38. The zero-order chi connectivity index (χ0) is 21.4. The summed E-state index contributed by atoms with van der Waals surface area (Å²) in [6.45, 7) is 19.3. The van der Waals surface area contributed by atoms with Crippen molar-refractivity contribution in [2.45, 2.75) is 39.8 Å². The maximum absolute atomic E-state index is 5.52. The number of aromatic nitrogens is 2. The van der Waals surface area contributed by atoms with Crippen LogP contribution >= 0.6 is 11.3 Å². The molecule has 0 aliphatic carbocycles. The Bertz CT molecular complexity index is 903. The number of anilines is 1. The van der Waals surface area contributed by atoms with Crippen LogP contribution in [0.15, 0.2) is 0 Å². The summed E-state index contributed by atoms with van der Waals surface area (Å²) in [4.78, 5) is 22.9. The molecule has 5 heterocycles. The van der Waals surface area contributed by atoms with E-state index in [2.05, 4.69) is 40.4 Å². The van der Waals surface area contributed by atoms with Crippen molar-refractivity contribution in [3.63, 3.8) is 0 Å². The number of piperazine rings is 1. The second-order valence-electron chi connectivity index (χ2n) is 9.17. The predicted molar refractivity (Wildman–Crippen MR) is 127 cm³/mol. The van der Waals surface area contributed by atoms with Crippen molar-refractivity contribution in [2.24, 2.45) is 0 Å². The Morgan fingerprint density at radius 1 is 0.968 bits per heavy atom. The highest BCUT2D eigenvalue weighted by molar-refractivity contribution is 7.18. The predicted octanol–water partition coefficient (Wildman–Crippen LogP) is 2.36. The van der Waals surface area contributed by atoms with Crippen molar-refractivity contribution in [1.82, 2.24) is 24.7 Å². The molecule has 0 aromatic carbocycles. The molecule has 7 nitrogen and oxygen atoms in total. The van der Waals surface area contributed by atoms with Crippen LogP contribution in [0.4, 0.5) is 5.82 Å². The van der Waals surface area contributed by atoms with E-state index in [1.54, 1.807) is 0 Å². The molecule has 170 valence electrons. The molecule has 0 saturated carbocycles. The molecule has 31 heavy (non-hydrogen) atoms. The van der Waals surface area contributed by atoms with Crippen LogP contribution in [-0.4, -0.2) is 103 Å². The lowest BCUT2D eigenvalue weighted by molar-refractivity contribution is 0.0331. The summed E-state index contributed by atoms with van der Waals surface area (Å²) >= 11 is 1.82. The van der Waals surface area contributed by atoms with Gasteiger partial charge in [-0.3, -0.25) is 9.80 Å². The zero-order valence-electron chi connectivity index (χ0n) is 19.3. The fourth-order valence-electron chi connectivity index (χ4n) is 5.21. The van der Waals surface area contributed by atoms with Gasteiger partial charge in [-0.25, -0.2) is 9.97 Å². The van der Waals surface area contributed by atoms with Gasteiger partial charge in [0.25, 0.3) is 0 Å². The van der Waals surface area contributed by atoms with E-state index in [-0.39, 0.29) is 0 Å². The molecule has 2 aromatic rings. The van der Waals surface area contributed by atoms with Gasteiger partial charge in [0.15, 0.2) is 0 Å². The van der Waals surface area contributed by atoms with Crippen LogP contribution < -0.4 is 4.90 Å². The number of nitrogens with zero attached hydrogens (tertiary/aromatic N) is 6. The first-order valence-corrected chi connectivity index (χ1v) is 12.7. The molecule has 2 aromatic heterocycles. The number of fused-ring (bicyclic) bond motifs is 1. The average Bonchev–Trinajstić information content (AvgIpc) is 3.39. The van der Waals surface area contributed by atoms with Crippen LogP contribution in [0.3, 0.4) is 0 Å². The Hall–Kier alpha value is -1.32. The standard InChI is InChI=1S/C23H36N6OS/c1-4-26-7-9-28(10-8-26)19-5-6-29(15-19)22-21-17(2)18(3)31-23(21)25-20(24-22)16-27-11-13-30-14-12-27/h19H,4-16H2,1-3H3. The molecule has 3 saturated heterocycles. The molecule has 3 aliphatic rings. The summed E-state index contributed by atoms with van der Waals surface area (Å²) in [5, 5.41) is 1.28. The molecule has 1 unspecified atom stereocenters. The van der Waals surface area contributed by atoms with Crippen LogP contribution in [0.2, 0.25) is 0 Å². The van der Waals surface area contributed by atoms with E-state index in [1.165, 1.54) is 60.8 Å². The fourth-order valence-corrected chi connectivity index (χ4v) is 6.25. The Morgan fingerprint density at radius 2 is 1.74 bits per heavy atom. The SMILES string of the molecule is CCN1CCN(C2CCN(c3nc(CN4CCOCC4)nc4sc(C)c(C)c34)C2)CC1. The molecule has 5 rings (SSSR count). The average molecular weight is 445 g/mol. The summed E-state index contributed by atoms with van der Waals surface area (Å²) in [5.41, 5.74) is 1.35. The molecule has 0 N–H and O–H groups in total.